The van der Waals surface area contributed by atoms with Gasteiger partial charge in [0.05, 0.1) is 23.5 Å². The van der Waals surface area contributed by atoms with Crippen LogP contribution in [-0.2, 0) is 0 Å². The minimum absolute atomic E-state index is 0.111. The van der Waals surface area contributed by atoms with Crippen LogP contribution in [0.25, 0.3) is 5.69 Å². The Morgan fingerprint density at radius 1 is 1.13 bits per heavy atom. The third-order valence-electron chi connectivity index (χ3n) is 3.58. The average molecular weight is 326 g/mol. The Kier molecular flexibility index (Phi) is 4.44. The summed E-state index contributed by atoms with van der Waals surface area (Å²) in [5, 5.41) is 7.88. The smallest absolute Gasteiger partial charge is 0.254 e. The maximum Gasteiger partial charge on any atom is 0.254 e. The van der Waals surface area contributed by atoms with E-state index in [1.54, 1.807) is 17.1 Å². The molecule has 0 aliphatic rings. The number of hydrogen-bond donors (Lipinski definition) is 1. The number of nitrogens with one attached hydrogen (secondary N) is 1. The molecule has 5 heteroatoms. The summed E-state index contributed by atoms with van der Waals surface area (Å²) in [5.41, 5.74) is 2.44. The molecule has 2 aromatic carbocycles. The number of carbonyl (C=O) groups excluding carboxylic acids is 1. The molecule has 116 valence electrons. The first kappa shape index (κ1) is 15.3. The van der Waals surface area contributed by atoms with E-state index in [1.807, 2.05) is 61.5 Å². The Morgan fingerprint density at radius 3 is 2.52 bits per heavy atom. The minimum Gasteiger partial charge on any atom is -0.345 e. The maximum atomic E-state index is 12.3. The highest BCUT2D eigenvalue weighted by molar-refractivity contribution is 6.30. The fourth-order valence-electron chi connectivity index (χ4n) is 2.28. The monoisotopic (exact) mass is 325 g/mol. The maximum absolute atomic E-state index is 12.3. The van der Waals surface area contributed by atoms with Crippen molar-refractivity contribution in [1.29, 1.82) is 0 Å². The molecule has 1 atom stereocenters. The van der Waals surface area contributed by atoms with Gasteiger partial charge in [-0.05, 0) is 36.8 Å². The second-order valence-corrected chi connectivity index (χ2v) is 5.69. The number of carbonyl (C=O) groups is 1. The van der Waals surface area contributed by atoms with Crippen molar-refractivity contribution >= 4 is 17.5 Å². The molecular formula is C18H16ClN3O. The van der Waals surface area contributed by atoms with Crippen molar-refractivity contribution in [2.75, 3.05) is 0 Å². The Labute approximate surface area is 139 Å². The van der Waals surface area contributed by atoms with Crippen molar-refractivity contribution in [3.8, 4) is 5.69 Å². The Bertz CT molecular complexity index is 797. The molecule has 0 aliphatic carbocycles. The predicted molar refractivity (Wildman–Crippen MR) is 90.9 cm³/mol. The molecule has 0 saturated heterocycles. The zero-order valence-corrected chi connectivity index (χ0v) is 13.4. The molecule has 1 heterocycles. The standard InChI is InChI=1S/C18H16ClN3O/c1-13(14-7-9-16(19)10-8-14)21-18(23)15-11-20-22(12-15)17-5-3-2-4-6-17/h2-13H,1H3,(H,21,23)/t13-/m1/s1. The lowest BCUT2D eigenvalue weighted by Gasteiger charge is -2.13. The van der Waals surface area contributed by atoms with Crippen molar-refractivity contribution in [3.05, 3.63) is 83.1 Å². The first-order valence-electron chi connectivity index (χ1n) is 7.30. The van der Waals surface area contributed by atoms with Gasteiger partial charge in [0.2, 0.25) is 0 Å². The number of rotatable bonds is 4. The van der Waals surface area contributed by atoms with E-state index in [1.165, 1.54) is 0 Å². The van der Waals surface area contributed by atoms with Gasteiger partial charge < -0.3 is 5.32 Å². The molecule has 0 saturated carbocycles. The Balaban J connectivity index is 1.71. The number of aromatic nitrogens is 2. The van der Waals surface area contributed by atoms with Crippen molar-refractivity contribution in [2.45, 2.75) is 13.0 Å². The predicted octanol–water partition coefficient (Wildman–Crippen LogP) is 4.02. The van der Waals surface area contributed by atoms with Gasteiger partial charge in [-0.15, -0.1) is 0 Å². The van der Waals surface area contributed by atoms with Gasteiger partial charge >= 0.3 is 0 Å². The number of nitrogens with zero attached hydrogens (tertiary/aromatic N) is 2. The van der Waals surface area contributed by atoms with Crippen LogP contribution in [0.1, 0.15) is 28.9 Å². The summed E-state index contributed by atoms with van der Waals surface area (Å²) >= 11 is 5.88. The first-order valence-corrected chi connectivity index (χ1v) is 7.68. The topological polar surface area (TPSA) is 46.9 Å². The van der Waals surface area contributed by atoms with Crippen LogP contribution >= 0.6 is 11.6 Å². The zero-order chi connectivity index (χ0) is 16.2. The lowest BCUT2D eigenvalue weighted by molar-refractivity contribution is 0.0940. The molecule has 1 aromatic heterocycles. The molecular weight excluding hydrogens is 310 g/mol. The highest BCUT2D eigenvalue weighted by Crippen LogP contribution is 2.17. The van der Waals surface area contributed by atoms with Gasteiger partial charge in [-0.2, -0.15) is 5.10 Å². The third-order valence-corrected chi connectivity index (χ3v) is 3.84. The molecule has 1 N–H and O–H groups in total. The van der Waals surface area contributed by atoms with Crippen LogP contribution in [0.2, 0.25) is 5.02 Å². The molecule has 0 radical (unpaired) electrons. The van der Waals surface area contributed by atoms with Crippen LogP contribution in [0.5, 0.6) is 0 Å². The van der Waals surface area contributed by atoms with Crippen LogP contribution in [0.15, 0.2) is 67.0 Å². The van der Waals surface area contributed by atoms with Gasteiger partial charge in [-0.25, -0.2) is 4.68 Å². The summed E-state index contributed by atoms with van der Waals surface area (Å²) in [7, 11) is 0. The summed E-state index contributed by atoms with van der Waals surface area (Å²) in [4.78, 5) is 12.3. The van der Waals surface area contributed by atoms with Crippen molar-refractivity contribution in [1.82, 2.24) is 15.1 Å². The van der Waals surface area contributed by atoms with E-state index in [0.717, 1.165) is 11.3 Å². The molecule has 0 spiro atoms. The number of benzene rings is 2. The Hall–Kier alpha value is -2.59. The normalized spacial score (nSPS) is 11.9. The molecule has 0 aliphatic heterocycles. The number of amides is 1. The highest BCUT2D eigenvalue weighted by Gasteiger charge is 2.13. The van der Waals surface area contributed by atoms with Crippen molar-refractivity contribution in [2.24, 2.45) is 0 Å². The largest absolute Gasteiger partial charge is 0.345 e. The second kappa shape index (κ2) is 6.67. The number of hydrogen-bond acceptors (Lipinski definition) is 2. The number of para-hydroxylation sites is 1. The van der Waals surface area contributed by atoms with Gasteiger partial charge in [-0.1, -0.05) is 41.9 Å². The van der Waals surface area contributed by atoms with E-state index >= 15 is 0 Å². The summed E-state index contributed by atoms with van der Waals surface area (Å²) in [6.07, 6.45) is 3.29. The van der Waals surface area contributed by atoms with E-state index in [0.29, 0.717) is 10.6 Å². The van der Waals surface area contributed by atoms with Crippen LogP contribution in [0, 0.1) is 0 Å². The van der Waals surface area contributed by atoms with Gasteiger partial charge in [-0.3, -0.25) is 4.79 Å². The lowest BCUT2D eigenvalue weighted by Crippen LogP contribution is -2.26. The third kappa shape index (κ3) is 3.60. The molecule has 23 heavy (non-hydrogen) atoms. The quantitative estimate of drug-likeness (QED) is 0.787. The first-order chi connectivity index (χ1) is 11.1. The van der Waals surface area contributed by atoms with Crippen LogP contribution in [0.3, 0.4) is 0 Å². The fourth-order valence-corrected chi connectivity index (χ4v) is 2.40. The van der Waals surface area contributed by atoms with Crippen molar-refractivity contribution < 1.29 is 4.79 Å². The van der Waals surface area contributed by atoms with Gasteiger partial charge in [0, 0.05) is 11.2 Å². The van der Waals surface area contributed by atoms with Crippen LogP contribution in [0.4, 0.5) is 0 Å². The average Bonchev–Trinajstić information content (AvgIpc) is 3.06. The number of halogens is 1. The highest BCUT2D eigenvalue weighted by atomic mass is 35.5. The van der Waals surface area contributed by atoms with E-state index in [9.17, 15) is 4.79 Å². The van der Waals surface area contributed by atoms with E-state index < -0.39 is 0 Å². The molecule has 3 rings (SSSR count). The van der Waals surface area contributed by atoms with Crippen LogP contribution in [-0.4, -0.2) is 15.7 Å². The summed E-state index contributed by atoms with van der Waals surface area (Å²) < 4.78 is 1.68. The molecule has 0 unspecified atom stereocenters. The lowest BCUT2D eigenvalue weighted by atomic mass is 10.1. The molecule has 0 fully saturated rings. The van der Waals surface area contributed by atoms with Gasteiger partial charge in [0.1, 0.15) is 0 Å². The van der Waals surface area contributed by atoms with Crippen LogP contribution < -0.4 is 5.32 Å². The summed E-state index contributed by atoms with van der Waals surface area (Å²) in [6, 6.07) is 17.0. The van der Waals surface area contributed by atoms with Gasteiger partial charge in [0.15, 0.2) is 0 Å². The minimum atomic E-state index is -0.158. The molecule has 0 bridgehead atoms. The Morgan fingerprint density at radius 2 is 1.83 bits per heavy atom. The summed E-state index contributed by atoms with van der Waals surface area (Å²) in [5.74, 6) is -0.158. The SMILES string of the molecule is C[C@@H](NC(=O)c1cnn(-c2ccccc2)c1)c1ccc(Cl)cc1. The summed E-state index contributed by atoms with van der Waals surface area (Å²) in [6.45, 7) is 1.93. The van der Waals surface area contributed by atoms with Gasteiger partial charge in [0.25, 0.3) is 5.91 Å². The second-order valence-electron chi connectivity index (χ2n) is 5.26. The molecule has 1 amide bonds. The molecule has 3 aromatic rings. The zero-order valence-electron chi connectivity index (χ0n) is 12.6. The van der Waals surface area contributed by atoms with E-state index in [2.05, 4.69) is 10.4 Å². The van der Waals surface area contributed by atoms with Crippen molar-refractivity contribution in [3.63, 3.8) is 0 Å². The fraction of sp³-hybridized carbons (Fsp3) is 0.111. The van der Waals surface area contributed by atoms with E-state index in [4.69, 9.17) is 11.6 Å². The van der Waals surface area contributed by atoms with E-state index in [-0.39, 0.29) is 11.9 Å². The molecule has 4 nitrogen and oxygen atoms in total.